The van der Waals surface area contributed by atoms with Crippen LogP contribution in [0, 0.1) is 6.92 Å². The van der Waals surface area contributed by atoms with Crippen molar-refractivity contribution in [2.45, 2.75) is 12.1 Å². The molecule has 9 heteroatoms. The summed E-state index contributed by atoms with van der Waals surface area (Å²) in [5.74, 6) is -0.573. The first-order valence-electron chi connectivity index (χ1n) is 6.88. The lowest BCUT2D eigenvalue weighted by Gasteiger charge is -2.01. The first-order chi connectivity index (χ1) is 11.5. The van der Waals surface area contributed by atoms with Gasteiger partial charge in [-0.15, -0.1) is 0 Å². The molecule has 0 aliphatic rings. The summed E-state index contributed by atoms with van der Waals surface area (Å²) >= 11 is 2.94. The largest absolute Gasteiger partial charge is 0.478 e. The first-order valence-corrected chi connectivity index (χ1v) is 8.92. The van der Waals surface area contributed by atoms with Gasteiger partial charge in [0.05, 0.1) is 16.1 Å². The van der Waals surface area contributed by atoms with E-state index in [0.29, 0.717) is 10.6 Å². The maximum absolute atomic E-state index is 10.8. The molecule has 0 atom stereocenters. The van der Waals surface area contributed by atoms with Gasteiger partial charge in [-0.1, -0.05) is 23.1 Å². The lowest BCUT2D eigenvalue weighted by atomic mass is 10.3. The number of aromatic amines is 1. The highest BCUT2D eigenvalue weighted by Crippen LogP contribution is 2.22. The van der Waals surface area contributed by atoms with Gasteiger partial charge in [-0.25, -0.2) is 24.7 Å². The van der Waals surface area contributed by atoms with E-state index in [0.717, 1.165) is 21.4 Å². The second-order valence-electron chi connectivity index (χ2n) is 4.76. The number of H-pyrrole nitrogens is 1. The molecular formula is C15H13N5O2S2. The van der Waals surface area contributed by atoms with Gasteiger partial charge in [0.25, 0.3) is 0 Å². The zero-order valence-electron chi connectivity index (χ0n) is 12.8. The molecule has 0 aliphatic carbocycles. The molecule has 0 amide bonds. The zero-order valence-corrected chi connectivity index (χ0v) is 14.5. The Kier molecular flexibility index (Phi) is 4.72. The molecule has 7 nitrogen and oxygen atoms in total. The van der Waals surface area contributed by atoms with E-state index >= 15 is 0 Å². The number of pyridine rings is 1. The van der Waals surface area contributed by atoms with Gasteiger partial charge in [0.1, 0.15) is 0 Å². The third kappa shape index (κ3) is 3.69. The molecule has 3 rings (SSSR count). The Morgan fingerprint density at radius 1 is 1.38 bits per heavy atom. The normalized spacial score (nSPS) is 11.7. The molecule has 0 unspecified atom stereocenters. The van der Waals surface area contributed by atoms with Gasteiger partial charge in [-0.3, -0.25) is 0 Å². The average molecular weight is 359 g/mol. The summed E-state index contributed by atoms with van der Waals surface area (Å²) in [5.41, 5.74) is 1.87. The fourth-order valence-corrected chi connectivity index (χ4v) is 3.13. The van der Waals surface area contributed by atoms with Crippen molar-refractivity contribution < 1.29 is 9.90 Å². The van der Waals surface area contributed by atoms with Gasteiger partial charge in [0, 0.05) is 18.1 Å². The Bertz CT molecular complexity index is 947. The Hall–Kier alpha value is -2.52. The van der Waals surface area contributed by atoms with E-state index in [-0.39, 0.29) is 5.56 Å². The lowest BCUT2D eigenvalue weighted by Crippen LogP contribution is -1.98. The number of nitrogens with zero attached hydrogens (tertiary/aromatic N) is 4. The molecule has 0 saturated carbocycles. The number of thioether (sulfide) groups is 1. The predicted molar refractivity (Wildman–Crippen MR) is 92.6 cm³/mol. The highest BCUT2D eigenvalue weighted by Gasteiger charge is 2.07. The highest BCUT2D eigenvalue weighted by molar-refractivity contribution is 7.98. The van der Waals surface area contributed by atoms with Crippen LogP contribution >= 0.6 is 23.1 Å². The highest BCUT2D eigenvalue weighted by atomic mass is 32.2. The summed E-state index contributed by atoms with van der Waals surface area (Å²) < 4.78 is 0. The van der Waals surface area contributed by atoms with Crippen molar-refractivity contribution in [3.63, 3.8) is 0 Å². The molecule has 3 aromatic heterocycles. The Morgan fingerprint density at radius 2 is 2.21 bits per heavy atom. The van der Waals surface area contributed by atoms with Crippen molar-refractivity contribution in [3.8, 4) is 10.6 Å². The van der Waals surface area contributed by atoms with Crippen LogP contribution in [0.4, 0.5) is 5.82 Å². The van der Waals surface area contributed by atoms with E-state index in [1.54, 1.807) is 6.07 Å². The standard InChI is InChI=1S/C15H13N5O2S2/c1-8-5-10(19-15(18-8)23-2)11-7-17-14(24-11)20-12-4-3-9(6-16-12)13(21)22/h3-7H,1-2H3,(H,21,22)(H,16,17,20). The number of hydrogen-bond acceptors (Lipinski definition) is 7. The number of carboxylic acid groups (broad SMARTS) is 1. The quantitative estimate of drug-likeness (QED) is 0.548. The number of rotatable bonds is 4. The van der Waals surface area contributed by atoms with Crippen LogP contribution in [0.25, 0.3) is 10.6 Å². The van der Waals surface area contributed by atoms with Gasteiger partial charge < -0.3 is 10.1 Å². The van der Waals surface area contributed by atoms with Gasteiger partial charge in [0.15, 0.2) is 15.8 Å². The van der Waals surface area contributed by atoms with E-state index in [9.17, 15) is 4.79 Å². The number of carbonyl (C=O) groups is 1. The van der Waals surface area contributed by atoms with Gasteiger partial charge >= 0.3 is 5.97 Å². The molecule has 0 spiro atoms. The molecular weight excluding hydrogens is 346 g/mol. The predicted octanol–water partition coefficient (Wildman–Crippen LogP) is 2.89. The Morgan fingerprint density at radius 3 is 2.88 bits per heavy atom. The summed E-state index contributed by atoms with van der Waals surface area (Å²) in [7, 11) is 0. The molecule has 3 aromatic rings. The molecule has 3 heterocycles. The second-order valence-corrected chi connectivity index (χ2v) is 6.57. The van der Waals surface area contributed by atoms with Crippen molar-refractivity contribution in [2.24, 2.45) is 4.99 Å². The molecule has 0 fully saturated rings. The van der Waals surface area contributed by atoms with Crippen LogP contribution in [-0.4, -0.2) is 37.3 Å². The minimum absolute atomic E-state index is 0.130. The number of aromatic nitrogens is 4. The molecule has 24 heavy (non-hydrogen) atoms. The molecule has 2 N–H and O–H groups in total. The molecule has 0 aromatic carbocycles. The van der Waals surface area contributed by atoms with E-state index < -0.39 is 5.97 Å². The Balaban J connectivity index is 1.92. The summed E-state index contributed by atoms with van der Waals surface area (Å²) in [6, 6.07) is 4.96. The molecule has 0 bridgehead atoms. The topological polar surface area (TPSA) is 104 Å². The van der Waals surface area contributed by atoms with Crippen LogP contribution in [0.5, 0.6) is 0 Å². The number of aryl methyl sites for hydroxylation is 1. The molecule has 0 aliphatic heterocycles. The number of thiazole rings is 1. The van der Waals surface area contributed by atoms with E-state index in [2.05, 4.69) is 24.9 Å². The van der Waals surface area contributed by atoms with Crippen LogP contribution in [0.15, 0.2) is 40.7 Å². The van der Waals surface area contributed by atoms with Crippen molar-refractivity contribution >= 4 is 34.9 Å². The summed E-state index contributed by atoms with van der Waals surface area (Å²) in [6.45, 7) is 1.93. The molecule has 122 valence electrons. The number of aromatic carboxylic acids is 1. The van der Waals surface area contributed by atoms with Crippen molar-refractivity contribution in [2.75, 3.05) is 6.26 Å². The lowest BCUT2D eigenvalue weighted by molar-refractivity contribution is 0.0696. The van der Waals surface area contributed by atoms with Gasteiger partial charge in [-0.05, 0) is 31.4 Å². The van der Waals surface area contributed by atoms with E-state index in [1.165, 1.54) is 35.4 Å². The van der Waals surface area contributed by atoms with Crippen LogP contribution in [0.2, 0.25) is 0 Å². The van der Waals surface area contributed by atoms with E-state index in [4.69, 9.17) is 5.11 Å². The minimum atomic E-state index is -1.01. The smallest absolute Gasteiger partial charge is 0.337 e. The average Bonchev–Trinajstić information content (AvgIpc) is 3.03. The van der Waals surface area contributed by atoms with Crippen LogP contribution < -0.4 is 4.80 Å². The third-order valence-corrected chi connectivity index (χ3v) is 4.51. The minimum Gasteiger partial charge on any atom is -0.478 e. The monoisotopic (exact) mass is 359 g/mol. The van der Waals surface area contributed by atoms with Gasteiger partial charge in [-0.2, -0.15) is 0 Å². The SMILES string of the molecule is CSc1nc(C)cc(-c2c[nH]/c(=N/c3ccc(C(=O)O)cn3)s2)n1. The van der Waals surface area contributed by atoms with Crippen LogP contribution in [0.1, 0.15) is 16.1 Å². The first kappa shape index (κ1) is 16.3. The fraction of sp³-hybridized carbons (Fsp3) is 0.133. The second kappa shape index (κ2) is 6.93. The summed E-state index contributed by atoms with van der Waals surface area (Å²) in [6.07, 6.45) is 5.06. The maximum atomic E-state index is 10.8. The maximum Gasteiger partial charge on any atom is 0.337 e. The molecule has 0 saturated heterocycles. The summed E-state index contributed by atoms with van der Waals surface area (Å²) in [5, 5.41) is 9.60. The number of nitrogens with one attached hydrogen (secondary N) is 1. The third-order valence-electron chi connectivity index (χ3n) is 3.01. The number of carboxylic acids is 1. The van der Waals surface area contributed by atoms with Crippen molar-refractivity contribution in [1.82, 2.24) is 19.9 Å². The molecule has 0 radical (unpaired) electrons. The van der Waals surface area contributed by atoms with Crippen molar-refractivity contribution in [3.05, 3.63) is 46.7 Å². The van der Waals surface area contributed by atoms with Crippen LogP contribution in [-0.2, 0) is 0 Å². The van der Waals surface area contributed by atoms with Crippen LogP contribution in [0.3, 0.4) is 0 Å². The van der Waals surface area contributed by atoms with Crippen molar-refractivity contribution in [1.29, 1.82) is 0 Å². The fourth-order valence-electron chi connectivity index (χ4n) is 1.91. The summed E-state index contributed by atoms with van der Waals surface area (Å²) in [4.78, 5) is 32.7. The Labute approximate surface area is 145 Å². The zero-order chi connectivity index (χ0) is 17.1. The van der Waals surface area contributed by atoms with Gasteiger partial charge in [0.2, 0.25) is 0 Å². The number of hydrogen-bond donors (Lipinski definition) is 2. The van der Waals surface area contributed by atoms with E-state index in [1.807, 2.05) is 25.4 Å².